The van der Waals surface area contributed by atoms with Gasteiger partial charge in [-0.05, 0) is 66.5 Å². The summed E-state index contributed by atoms with van der Waals surface area (Å²) >= 11 is 0. The molecule has 2 heterocycles. The molecule has 1 atom stereocenters. The lowest BCUT2D eigenvalue weighted by Crippen LogP contribution is -2.12. The van der Waals surface area contributed by atoms with Crippen molar-refractivity contribution in [3.63, 3.8) is 0 Å². The minimum absolute atomic E-state index is 0.00581. The number of methoxy groups -OCH3 is 2. The Morgan fingerprint density at radius 2 is 1.89 bits per heavy atom. The van der Waals surface area contributed by atoms with Gasteiger partial charge in [-0.15, -0.1) is 0 Å². The highest BCUT2D eigenvalue weighted by atomic mass is 19.1. The fourth-order valence-electron chi connectivity index (χ4n) is 4.48. The molecule has 1 fully saturated rings. The molecule has 0 bridgehead atoms. The largest absolute Gasteiger partial charge is 0.497 e. The van der Waals surface area contributed by atoms with Crippen molar-refractivity contribution in [3.05, 3.63) is 53.6 Å². The van der Waals surface area contributed by atoms with Crippen LogP contribution in [0.15, 0.2) is 36.5 Å². The summed E-state index contributed by atoms with van der Waals surface area (Å²) < 4.78 is 25.5. The van der Waals surface area contributed by atoms with Crippen molar-refractivity contribution in [2.75, 3.05) is 14.2 Å². The molecular formula is C28H32FN3O4. The molecule has 1 aliphatic carbocycles. The van der Waals surface area contributed by atoms with Crippen LogP contribution in [0.2, 0.25) is 0 Å². The van der Waals surface area contributed by atoms with Crippen molar-refractivity contribution in [1.82, 2.24) is 15.0 Å². The second kappa shape index (κ2) is 10.2. The Kier molecular flexibility index (Phi) is 7.24. The van der Waals surface area contributed by atoms with Crippen LogP contribution in [0.25, 0.3) is 22.5 Å². The summed E-state index contributed by atoms with van der Waals surface area (Å²) in [7, 11) is 3.03. The SMILES string of the molecule is COc1ccc(F)c(-c2ncc(-c3cc(C(CC(=O)O)C4CC4)nc(OC)n3)cc2CC(C)(C)C)c1. The van der Waals surface area contributed by atoms with E-state index >= 15 is 0 Å². The van der Waals surface area contributed by atoms with E-state index in [0.717, 1.165) is 24.0 Å². The molecule has 0 amide bonds. The van der Waals surface area contributed by atoms with Crippen LogP contribution in [0.3, 0.4) is 0 Å². The van der Waals surface area contributed by atoms with Gasteiger partial charge in [0.05, 0.1) is 37.7 Å². The van der Waals surface area contributed by atoms with E-state index in [1.54, 1.807) is 25.4 Å². The van der Waals surface area contributed by atoms with Gasteiger partial charge >= 0.3 is 12.0 Å². The molecule has 0 spiro atoms. The molecule has 0 radical (unpaired) electrons. The monoisotopic (exact) mass is 493 g/mol. The fraction of sp³-hybridized carbons (Fsp3) is 0.429. The first-order chi connectivity index (χ1) is 17.1. The van der Waals surface area contributed by atoms with Gasteiger partial charge in [-0.25, -0.2) is 4.39 Å². The molecule has 2 aromatic heterocycles. The van der Waals surface area contributed by atoms with Crippen LogP contribution in [-0.2, 0) is 11.2 Å². The molecule has 1 aromatic carbocycles. The highest BCUT2D eigenvalue weighted by molar-refractivity contribution is 5.71. The van der Waals surface area contributed by atoms with Crippen molar-refractivity contribution in [3.8, 4) is 34.3 Å². The van der Waals surface area contributed by atoms with Crippen LogP contribution < -0.4 is 9.47 Å². The number of halogens is 1. The molecule has 1 unspecified atom stereocenters. The van der Waals surface area contributed by atoms with Crippen LogP contribution in [0.5, 0.6) is 11.8 Å². The number of rotatable bonds is 9. The minimum Gasteiger partial charge on any atom is -0.497 e. The number of aliphatic carboxylic acids is 1. The maximum Gasteiger partial charge on any atom is 0.316 e. The predicted molar refractivity (Wildman–Crippen MR) is 135 cm³/mol. The van der Waals surface area contributed by atoms with Gasteiger partial charge in [-0.3, -0.25) is 9.78 Å². The Morgan fingerprint density at radius 1 is 1.14 bits per heavy atom. The van der Waals surface area contributed by atoms with E-state index in [2.05, 4.69) is 35.7 Å². The molecular weight excluding hydrogens is 461 g/mol. The number of ether oxygens (including phenoxy) is 2. The van der Waals surface area contributed by atoms with Gasteiger partial charge in [0.15, 0.2) is 0 Å². The van der Waals surface area contributed by atoms with Crippen molar-refractivity contribution >= 4 is 5.97 Å². The lowest BCUT2D eigenvalue weighted by molar-refractivity contribution is -0.137. The van der Waals surface area contributed by atoms with Crippen LogP contribution in [0.1, 0.15) is 57.2 Å². The van der Waals surface area contributed by atoms with Crippen molar-refractivity contribution < 1.29 is 23.8 Å². The zero-order valence-electron chi connectivity index (χ0n) is 21.3. The number of benzene rings is 1. The van der Waals surface area contributed by atoms with Gasteiger partial charge in [-0.1, -0.05) is 20.8 Å². The Bertz CT molecular complexity index is 1270. The summed E-state index contributed by atoms with van der Waals surface area (Å²) in [6.45, 7) is 6.34. The Morgan fingerprint density at radius 3 is 2.50 bits per heavy atom. The van der Waals surface area contributed by atoms with Crippen LogP contribution in [0, 0.1) is 17.2 Å². The Hall–Kier alpha value is -3.55. The van der Waals surface area contributed by atoms with Crippen LogP contribution in [0.4, 0.5) is 4.39 Å². The number of nitrogens with zero attached hydrogens (tertiary/aromatic N) is 3. The number of hydrogen-bond donors (Lipinski definition) is 1. The number of carboxylic acid groups (broad SMARTS) is 1. The first-order valence-electron chi connectivity index (χ1n) is 12.1. The summed E-state index contributed by atoms with van der Waals surface area (Å²) in [6, 6.07) is 8.60. The third-order valence-electron chi connectivity index (χ3n) is 6.29. The first kappa shape index (κ1) is 25.5. The maximum absolute atomic E-state index is 14.9. The average molecular weight is 494 g/mol. The van der Waals surface area contributed by atoms with E-state index in [1.165, 1.54) is 13.2 Å². The molecule has 0 saturated heterocycles. The van der Waals surface area contributed by atoms with Crippen molar-refractivity contribution in [2.45, 2.75) is 52.4 Å². The van der Waals surface area contributed by atoms with Crippen molar-refractivity contribution in [2.24, 2.45) is 11.3 Å². The lowest BCUT2D eigenvalue weighted by atomic mass is 9.85. The average Bonchev–Trinajstić information content (AvgIpc) is 3.67. The molecule has 4 rings (SSSR count). The molecule has 7 nitrogen and oxygen atoms in total. The fourth-order valence-corrected chi connectivity index (χ4v) is 4.48. The lowest BCUT2D eigenvalue weighted by Gasteiger charge is -2.21. The number of hydrogen-bond acceptors (Lipinski definition) is 6. The smallest absolute Gasteiger partial charge is 0.316 e. The number of carboxylic acids is 1. The quantitative estimate of drug-likeness (QED) is 0.395. The zero-order chi connectivity index (χ0) is 26.0. The van der Waals surface area contributed by atoms with Gasteiger partial charge in [0.2, 0.25) is 0 Å². The second-order valence-corrected chi connectivity index (χ2v) is 10.5. The van der Waals surface area contributed by atoms with Gasteiger partial charge in [0.1, 0.15) is 11.6 Å². The van der Waals surface area contributed by atoms with Gasteiger partial charge < -0.3 is 14.6 Å². The molecule has 8 heteroatoms. The molecule has 190 valence electrons. The summed E-state index contributed by atoms with van der Waals surface area (Å²) in [5.74, 6) is -0.594. The molecule has 1 aliphatic rings. The highest BCUT2D eigenvalue weighted by Crippen LogP contribution is 2.45. The number of pyridine rings is 1. The predicted octanol–water partition coefficient (Wildman–Crippen LogP) is 5.92. The van der Waals surface area contributed by atoms with E-state index < -0.39 is 5.97 Å². The van der Waals surface area contributed by atoms with Gasteiger partial charge in [0.25, 0.3) is 0 Å². The summed E-state index contributed by atoms with van der Waals surface area (Å²) in [5, 5.41) is 9.45. The van der Waals surface area contributed by atoms with E-state index in [0.29, 0.717) is 40.7 Å². The standard InChI is InChI=1S/C28H32FN3O4/c1-28(2,3)14-17-10-18(15-30-26(17)21-11-19(35-4)8-9-22(21)29)23-13-24(32-27(31-23)36-5)20(12-25(33)34)16-6-7-16/h8-11,13,15-16,20H,6-7,12,14H2,1-5H3,(H,33,34). The number of aromatic nitrogens is 3. The topological polar surface area (TPSA) is 94.4 Å². The third-order valence-corrected chi connectivity index (χ3v) is 6.29. The van der Waals surface area contributed by atoms with E-state index in [4.69, 9.17) is 9.47 Å². The van der Waals surface area contributed by atoms with Crippen molar-refractivity contribution in [1.29, 1.82) is 0 Å². The maximum atomic E-state index is 14.9. The third kappa shape index (κ3) is 5.98. The summed E-state index contributed by atoms with van der Waals surface area (Å²) in [5.41, 5.74) is 3.68. The normalized spacial score (nSPS) is 14.4. The summed E-state index contributed by atoms with van der Waals surface area (Å²) in [4.78, 5) is 25.2. The minimum atomic E-state index is -0.857. The summed E-state index contributed by atoms with van der Waals surface area (Å²) in [6.07, 6.45) is 4.29. The molecule has 0 aliphatic heterocycles. The first-order valence-corrected chi connectivity index (χ1v) is 12.1. The Balaban J connectivity index is 1.83. The highest BCUT2D eigenvalue weighted by Gasteiger charge is 2.35. The van der Waals surface area contributed by atoms with E-state index in [-0.39, 0.29) is 29.6 Å². The molecule has 36 heavy (non-hydrogen) atoms. The zero-order valence-corrected chi connectivity index (χ0v) is 21.3. The Labute approximate surface area is 210 Å². The molecule has 3 aromatic rings. The van der Waals surface area contributed by atoms with E-state index in [1.807, 2.05) is 12.1 Å². The van der Waals surface area contributed by atoms with Crippen LogP contribution in [-0.4, -0.2) is 40.2 Å². The molecule has 1 saturated carbocycles. The van der Waals surface area contributed by atoms with Gasteiger partial charge in [0, 0.05) is 23.2 Å². The number of carbonyl (C=O) groups is 1. The van der Waals surface area contributed by atoms with Gasteiger partial charge in [-0.2, -0.15) is 9.97 Å². The van der Waals surface area contributed by atoms with Crippen LogP contribution >= 0.6 is 0 Å². The van der Waals surface area contributed by atoms with E-state index in [9.17, 15) is 14.3 Å². The second-order valence-electron chi connectivity index (χ2n) is 10.5. The molecule has 1 N–H and O–H groups in total.